The van der Waals surface area contributed by atoms with Crippen LogP contribution in [0.1, 0.15) is 50.7 Å². The molecule has 2 amide bonds. The lowest BCUT2D eigenvalue weighted by Gasteiger charge is -2.25. The Morgan fingerprint density at radius 2 is 1.43 bits per heavy atom. The monoisotopic (exact) mass is 400 g/mol. The van der Waals surface area contributed by atoms with Crippen LogP contribution in [-0.4, -0.2) is 23.3 Å². The SMILES string of the molecule is Cc1ccc(C2CCCN2C(=O)c2ccc(Oc3ccc(C(N)=O)cc3)cc2)cc1. The molecule has 3 aromatic carbocycles. The summed E-state index contributed by atoms with van der Waals surface area (Å²) in [5.41, 5.74) is 8.73. The van der Waals surface area contributed by atoms with Gasteiger partial charge in [0.15, 0.2) is 0 Å². The van der Waals surface area contributed by atoms with Gasteiger partial charge < -0.3 is 15.4 Å². The number of carbonyl (C=O) groups excluding carboxylic acids is 2. The third kappa shape index (κ3) is 4.20. The normalized spacial score (nSPS) is 15.8. The zero-order valence-electron chi connectivity index (χ0n) is 16.9. The molecule has 1 fully saturated rings. The first kappa shape index (κ1) is 19.7. The number of nitrogens with two attached hydrogens (primary N) is 1. The molecule has 1 saturated heterocycles. The molecule has 0 aromatic heterocycles. The van der Waals surface area contributed by atoms with Crippen LogP contribution in [0.15, 0.2) is 72.8 Å². The Bertz CT molecular complexity index is 1040. The fourth-order valence-electron chi connectivity index (χ4n) is 3.80. The molecular formula is C25H24N2O3. The molecule has 5 nitrogen and oxygen atoms in total. The van der Waals surface area contributed by atoms with Gasteiger partial charge in [-0.25, -0.2) is 0 Å². The quantitative estimate of drug-likeness (QED) is 0.664. The Labute approximate surface area is 176 Å². The lowest BCUT2D eigenvalue weighted by Crippen LogP contribution is -2.30. The molecule has 1 atom stereocenters. The van der Waals surface area contributed by atoms with Gasteiger partial charge in [-0.05, 0) is 73.9 Å². The van der Waals surface area contributed by atoms with E-state index < -0.39 is 5.91 Å². The topological polar surface area (TPSA) is 72.6 Å². The van der Waals surface area contributed by atoms with E-state index in [9.17, 15) is 9.59 Å². The van der Waals surface area contributed by atoms with Crippen LogP contribution >= 0.6 is 0 Å². The smallest absolute Gasteiger partial charge is 0.254 e. The van der Waals surface area contributed by atoms with Crippen molar-refractivity contribution in [2.45, 2.75) is 25.8 Å². The molecule has 1 unspecified atom stereocenters. The van der Waals surface area contributed by atoms with E-state index in [-0.39, 0.29) is 11.9 Å². The lowest BCUT2D eigenvalue weighted by molar-refractivity contribution is 0.0735. The zero-order valence-corrected chi connectivity index (χ0v) is 16.9. The second-order valence-corrected chi connectivity index (χ2v) is 7.58. The van der Waals surface area contributed by atoms with Crippen molar-refractivity contribution in [3.05, 3.63) is 95.1 Å². The zero-order chi connectivity index (χ0) is 21.1. The number of carbonyl (C=O) groups is 2. The first-order valence-corrected chi connectivity index (χ1v) is 10.1. The second-order valence-electron chi connectivity index (χ2n) is 7.58. The summed E-state index contributed by atoms with van der Waals surface area (Å²) in [6.07, 6.45) is 1.99. The molecule has 1 aliphatic rings. The molecule has 1 heterocycles. The van der Waals surface area contributed by atoms with E-state index in [2.05, 4.69) is 31.2 Å². The maximum atomic E-state index is 13.1. The molecule has 3 aromatic rings. The van der Waals surface area contributed by atoms with E-state index in [0.717, 1.165) is 19.4 Å². The van der Waals surface area contributed by atoms with E-state index in [1.165, 1.54) is 11.1 Å². The van der Waals surface area contributed by atoms with Crippen molar-refractivity contribution in [2.75, 3.05) is 6.54 Å². The van der Waals surface area contributed by atoms with Crippen LogP contribution < -0.4 is 10.5 Å². The number of likely N-dealkylation sites (tertiary alicyclic amines) is 1. The Hall–Kier alpha value is -3.60. The minimum absolute atomic E-state index is 0.0374. The number of aryl methyl sites for hydroxylation is 1. The first-order chi connectivity index (χ1) is 14.5. The van der Waals surface area contributed by atoms with Gasteiger partial charge in [-0.2, -0.15) is 0 Å². The summed E-state index contributed by atoms with van der Waals surface area (Å²) in [5.74, 6) is 0.777. The second kappa shape index (κ2) is 8.41. The fraction of sp³-hybridized carbons (Fsp3) is 0.200. The van der Waals surface area contributed by atoms with Gasteiger partial charge in [-0.1, -0.05) is 29.8 Å². The molecule has 0 saturated carbocycles. The van der Waals surface area contributed by atoms with E-state index in [1.54, 1.807) is 48.5 Å². The predicted octanol–water partition coefficient (Wildman–Crippen LogP) is 4.86. The summed E-state index contributed by atoms with van der Waals surface area (Å²) in [6, 6.07) is 22.3. The standard InChI is InChI=1S/C25H24N2O3/c1-17-4-6-18(7-5-17)23-3-2-16-27(23)25(29)20-10-14-22(15-11-20)30-21-12-8-19(9-13-21)24(26)28/h4-15,23H,2-3,16H2,1H3,(H2,26,28). The van der Waals surface area contributed by atoms with Gasteiger partial charge in [-0.3, -0.25) is 9.59 Å². The van der Waals surface area contributed by atoms with Crippen molar-refractivity contribution >= 4 is 11.8 Å². The van der Waals surface area contributed by atoms with Crippen LogP contribution in [0.2, 0.25) is 0 Å². The van der Waals surface area contributed by atoms with Gasteiger partial charge in [0.2, 0.25) is 5.91 Å². The Morgan fingerprint density at radius 3 is 2.00 bits per heavy atom. The molecule has 0 spiro atoms. The molecule has 1 aliphatic heterocycles. The van der Waals surface area contributed by atoms with Gasteiger partial charge in [0.1, 0.15) is 11.5 Å². The molecular weight excluding hydrogens is 376 g/mol. The summed E-state index contributed by atoms with van der Waals surface area (Å²) in [6.45, 7) is 2.83. The summed E-state index contributed by atoms with van der Waals surface area (Å²) < 4.78 is 5.80. The van der Waals surface area contributed by atoms with E-state index in [0.29, 0.717) is 22.6 Å². The van der Waals surface area contributed by atoms with Crippen LogP contribution in [0.25, 0.3) is 0 Å². The van der Waals surface area contributed by atoms with E-state index in [1.807, 2.05) is 4.90 Å². The predicted molar refractivity (Wildman–Crippen MR) is 116 cm³/mol. The van der Waals surface area contributed by atoms with Crippen LogP contribution in [0, 0.1) is 6.92 Å². The number of hydrogen-bond donors (Lipinski definition) is 1. The Balaban J connectivity index is 1.45. The molecule has 152 valence electrons. The van der Waals surface area contributed by atoms with Gasteiger partial charge in [0.25, 0.3) is 5.91 Å². The van der Waals surface area contributed by atoms with Crippen LogP contribution in [0.3, 0.4) is 0 Å². The average molecular weight is 400 g/mol. The maximum Gasteiger partial charge on any atom is 0.254 e. The number of primary amides is 1. The van der Waals surface area contributed by atoms with Crippen molar-refractivity contribution in [1.29, 1.82) is 0 Å². The summed E-state index contributed by atoms with van der Waals surface area (Å²) in [7, 11) is 0. The number of nitrogens with zero attached hydrogens (tertiary/aromatic N) is 1. The van der Waals surface area contributed by atoms with Crippen LogP contribution in [-0.2, 0) is 0 Å². The maximum absolute atomic E-state index is 13.1. The van der Waals surface area contributed by atoms with Gasteiger partial charge in [0.05, 0.1) is 6.04 Å². The highest BCUT2D eigenvalue weighted by molar-refractivity contribution is 5.95. The molecule has 0 bridgehead atoms. The first-order valence-electron chi connectivity index (χ1n) is 10.1. The summed E-state index contributed by atoms with van der Waals surface area (Å²) in [4.78, 5) is 26.2. The highest BCUT2D eigenvalue weighted by Gasteiger charge is 2.30. The van der Waals surface area contributed by atoms with Crippen LogP contribution in [0.4, 0.5) is 0 Å². The number of benzene rings is 3. The highest BCUT2D eigenvalue weighted by Crippen LogP contribution is 2.33. The van der Waals surface area contributed by atoms with Crippen molar-refractivity contribution in [2.24, 2.45) is 5.73 Å². The van der Waals surface area contributed by atoms with E-state index >= 15 is 0 Å². The van der Waals surface area contributed by atoms with E-state index in [4.69, 9.17) is 10.5 Å². The van der Waals surface area contributed by atoms with Crippen molar-refractivity contribution in [3.8, 4) is 11.5 Å². The third-order valence-electron chi connectivity index (χ3n) is 5.45. The van der Waals surface area contributed by atoms with Crippen molar-refractivity contribution < 1.29 is 14.3 Å². The Morgan fingerprint density at radius 1 is 0.867 bits per heavy atom. The number of amides is 2. The minimum Gasteiger partial charge on any atom is -0.457 e. The number of rotatable bonds is 5. The fourth-order valence-corrected chi connectivity index (χ4v) is 3.80. The molecule has 2 N–H and O–H groups in total. The molecule has 0 aliphatic carbocycles. The van der Waals surface area contributed by atoms with Crippen molar-refractivity contribution in [3.63, 3.8) is 0 Å². The average Bonchev–Trinajstić information content (AvgIpc) is 3.24. The highest BCUT2D eigenvalue weighted by atomic mass is 16.5. The van der Waals surface area contributed by atoms with Gasteiger partial charge in [-0.15, -0.1) is 0 Å². The molecule has 4 rings (SSSR count). The number of ether oxygens (including phenoxy) is 1. The molecule has 30 heavy (non-hydrogen) atoms. The van der Waals surface area contributed by atoms with Crippen molar-refractivity contribution in [1.82, 2.24) is 4.90 Å². The third-order valence-corrected chi connectivity index (χ3v) is 5.45. The Kier molecular flexibility index (Phi) is 5.53. The van der Waals surface area contributed by atoms with Crippen LogP contribution in [0.5, 0.6) is 11.5 Å². The minimum atomic E-state index is -0.477. The summed E-state index contributed by atoms with van der Waals surface area (Å²) >= 11 is 0. The van der Waals surface area contributed by atoms with Gasteiger partial charge in [0, 0.05) is 17.7 Å². The van der Waals surface area contributed by atoms with Gasteiger partial charge >= 0.3 is 0 Å². The largest absolute Gasteiger partial charge is 0.457 e. The number of hydrogen-bond acceptors (Lipinski definition) is 3. The molecule has 5 heteroatoms. The lowest BCUT2D eigenvalue weighted by atomic mass is 10.0. The summed E-state index contributed by atoms with van der Waals surface area (Å²) in [5, 5.41) is 0. The molecule has 0 radical (unpaired) electrons.